The van der Waals surface area contributed by atoms with Crippen LogP contribution in [0.1, 0.15) is 42.3 Å². The number of aliphatic imine (C=N–C) groups is 1. The SMILES string of the molecule is CN=C(NCCc1sc(C)nc1C)NC1CCN(CC(C)C)CC1. The first kappa shape index (κ1) is 19.2. The van der Waals surface area contributed by atoms with E-state index in [0.29, 0.717) is 6.04 Å². The van der Waals surface area contributed by atoms with Crippen molar-refractivity contribution in [2.45, 2.75) is 53.0 Å². The minimum absolute atomic E-state index is 0.534. The third kappa shape index (κ3) is 6.06. The Hall–Kier alpha value is -1.14. The molecule has 24 heavy (non-hydrogen) atoms. The average molecular weight is 352 g/mol. The molecule has 2 N–H and O–H groups in total. The lowest BCUT2D eigenvalue weighted by atomic mass is 10.0. The quantitative estimate of drug-likeness (QED) is 0.611. The number of rotatable bonds is 6. The molecule has 0 radical (unpaired) electrons. The van der Waals surface area contributed by atoms with E-state index in [0.717, 1.165) is 29.9 Å². The van der Waals surface area contributed by atoms with E-state index in [-0.39, 0.29) is 0 Å². The van der Waals surface area contributed by atoms with Crippen LogP contribution in [-0.4, -0.2) is 55.1 Å². The van der Waals surface area contributed by atoms with Gasteiger partial charge in [-0.05, 0) is 32.6 Å². The van der Waals surface area contributed by atoms with Gasteiger partial charge in [0, 0.05) is 50.6 Å². The summed E-state index contributed by atoms with van der Waals surface area (Å²) in [6.07, 6.45) is 3.39. The van der Waals surface area contributed by atoms with Crippen LogP contribution >= 0.6 is 11.3 Å². The van der Waals surface area contributed by atoms with Crippen LogP contribution in [-0.2, 0) is 6.42 Å². The summed E-state index contributed by atoms with van der Waals surface area (Å²) in [5.41, 5.74) is 1.17. The van der Waals surface area contributed by atoms with Gasteiger partial charge in [0.15, 0.2) is 5.96 Å². The number of guanidine groups is 1. The van der Waals surface area contributed by atoms with E-state index in [1.165, 1.54) is 43.0 Å². The number of likely N-dealkylation sites (tertiary alicyclic amines) is 1. The highest BCUT2D eigenvalue weighted by molar-refractivity contribution is 7.11. The molecule has 2 heterocycles. The van der Waals surface area contributed by atoms with Crippen LogP contribution in [0.5, 0.6) is 0 Å². The van der Waals surface area contributed by atoms with Crippen molar-refractivity contribution < 1.29 is 0 Å². The van der Waals surface area contributed by atoms with Gasteiger partial charge in [-0.15, -0.1) is 11.3 Å². The number of hydrogen-bond donors (Lipinski definition) is 2. The third-order valence-corrected chi connectivity index (χ3v) is 5.55. The molecule has 1 aliphatic rings. The van der Waals surface area contributed by atoms with Crippen LogP contribution in [0.25, 0.3) is 0 Å². The fourth-order valence-electron chi connectivity index (χ4n) is 3.26. The van der Waals surface area contributed by atoms with Gasteiger partial charge in [-0.25, -0.2) is 4.98 Å². The summed E-state index contributed by atoms with van der Waals surface area (Å²) < 4.78 is 0. The van der Waals surface area contributed by atoms with E-state index in [1.807, 2.05) is 7.05 Å². The van der Waals surface area contributed by atoms with E-state index in [4.69, 9.17) is 0 Å². The van der Waals surface area contributed by atoms with E-state index in [2.05, 4.69) is 53.2 Å². The Labute approximate surface area is 151 Å². The molecule has 0 aliphatic carbocycles. The summed E-state index contributed by atoms with van der Waals surface area (Å²) in [4.78, 5) is 12.8. The van der Waals surface area contributed by atoms with E-state index in [9.17, 15) is 0 Å². The Morgan fingerprint density at radius 1 is 1.33 bits per heavy atom. The van der Waals surface area contributed by atoms with Gasteiger partial charge in [0.25, 0.3) is 0 Å². The second kappa shape index (κ2) is 9.37. The lowest BCUT2D eigenvalue weighted by molar-refractivity contribution is 0.187. The molecule has 2 rings (SSSR count). The molecule has 5 nitrogen and oxygen atoms in total. The number of nitrogens with zero attached hydrogens (tertiary/aromatic N) is 3. The smallest absolute Gasteiger partial charge is 0.191 e. The summed E-state index contributed by atoms with van der Waals surface area (Å²) in [5.74, 6) is 1.68. The van der Waals surface area contributed by atoms with Crippen LogP contribution in [0, 0.1) is 19.8 Å². The number of aryl methyl sites for hydroxylation is 2. The summed E-state index contributed by atoms with van der Waals surface area (Å²) in [6.45, 7) is 13.2. The Morgan fingerprint density at radius 3 is 2.58 bits per heavy atom. The molecule has 0 unspecified atom stereocenters. The van der Waals surface area contributed by atoms with Gasteiger partial charge in [0.05, 0.1) is 10.7 Å². The van der Waals surface area contributed by atoms with Crippen molar-refractivity contribution in [1.82, 2.24) is 20.5 Å². The number of aromatic nitrogens is 1. The third-order valence-electron chi connectivity index (χ3n) is 4.42. The minimum Gasteiger partial charge on any atom is -0.356 e. The van der Waals surface area contributed by atoms with Crippen molar-refractivity contribution >= 4 is 17.3 Å². The normalized spacial score (nSPS) is 17.5. The molecular formula is C18H33N5S. The van der Waals surface area contributed by atoms with Crippen LogP contribution < -0.4 is 10.6 Å². The molecule has 1 aliphatic heterocycles. The highest BCUT2D eigenvalue weighted by Crippen LogP contribution is 2.17. The molecule has 0 saturated carbocycles. The topological polar surface area (TPSA) is 52.6 Å². The van der Waals surface area contributed by atoms with Crippen LogP contribution in [0.15, 0.2) is 4.99 Å². The van der Waals surface area contributed by atoms with E-state index < -0.39 is 0 Å². The summed E-state index contributed by atoms with van der Waals surface area (Å²) in [5, 5.41) is 8.19. The molecule has 1 fully saturated rings. The Balaban J connectivity index is 1.70. The largest absolute Gasteiger partial charge is 0.356 e. The standard InChI is InChI=1S/C18H33N5S/c1-13(2)12-23-10-7-16(8-11-23)22-18(19-5)20-9-6-17-14(3)21-15(4)24-17/h13,16H,6-12H2,1-5H3,(H2,19,20,22). The van der Waals surface area contributed by atoms with Crippen LogP contribution in [0.3, 0.4) is 0 Å². The Morgan fingerprint density at radius 2 is 2.04 bits per heavy atom. The lowest BCUT2D eigenvalue weighted by Gasteiger charge is -2.33. The molecule has 0 bridgehead atoms. The van der Waals surface area contributed by atoms with Gasteiger partial charge in [-0.3, -0.25) is 4.99 Å². The molecule has 0 atom stereocenters. The Kier molecular flexibility index (Phi) is 7.49. The zero-order valence-corrected chi connectivity index (χ0v) is 16.7. The van der Waals surface area contributed by atoms with Gasteiger partial charge in [0.2, 0.25) is 0 Å². The first-order valence-electron chi connectivity index (χ1n) is 9.10. The fraction of sp³-hybridized carbons (Fsp3) is 0.778. The number of nitrogens with one attached hydrogen (secondary N) is 2. The maximum Gasteiger partial charge on any atom is 0.191 e. The Bertz CT molecular complexity index is 530. The number of piperidine rings is 1. The second-order valence-corrected chi connectivity index (χ2v) is 8.39. The highest BCUT2D eigenvalue weighted by Gasteiger charge is 2.20. The molecule has 1 saturated heterocycles. The van der Waals surface area contributed by atoms with E-state index >= 15 is 0 Å². The van der Waals surface area contributed by atoms with Crippen molar-refractivity contribution in [3.05, 3.63) is 15.6 Å². The maximum absolute atomic E-state index is 4.49. The van der Waals surface area contributed by atoms with Crippen molar-refractivity contribution in [2.75, 3.05) is 33.2 Å². The predicted octanol–water partition coefficient (Wildman–Crippen LogP) is 2.59. The number of thiazole rings is 1. The molecule has 0 spiro atoms. The fourth-order valence-corrected chi connectivity index (χ4v) is 4.20. The zero-order valence-electron chi connectivity index (χ0n) is 15.9. The predicted molar refractivity (Wildman–Crippen MR) is 104 cm³/mol. The van der Waals surface area contributed by atoms with Gasteiger partial charge in [-0.1, -0.05) is 13.8 Å². The maximum atomic E-state index is 4.49. The first-order chi connectivity index (χ1) is 11.5. The summed E-state index contributed by atoms with van der Waals surface area (Å²) in [7, 11) is 1.85. The van der Waals surface area contributed by atoms with Crippen molar-refractivity contribution in [2.24, 2.45) is 10.9 Å². The molecule has 136 valence electrons. The summed E-state index contributed by atoms with van der Waals surface area (Å²) >= 11 is 1.80. The van der Waals surface area contributed by atoms with Gasteiger partial charge in [-0.2, -0.15) is 0 Å². The number of hydrogen-bond acceptors (Lipinski definition) is 4. The molecule has 0 aromatic carbocycles. The average Bonchev–Trinajstić information content (AvgIpc) is 2.85. The van der Waals surface area contributed by atoms with Crippen molar-refractivity contribution in [1.29, 1.82) is 0 Å². The van der Waals surface area contributed by atoms with Crippen molar-refractivity contribution in [3.8, 4) is 0 Å². The monoisotopic (exact) mass is 351 g/mol. The van der Waals surface area contributed by atoms with Crippen LogP contribution in [0.4, 0.5) is 0 Å². The van der Waals surface area contributed by atoms with Gasteiger partial charge in [0.1, 0.15) is 0 Å². The molecule has 0 amide bonds. The first-order valence-corrected chi connectivity index (χ1v) is 9.92. The molecule has 1 aromatic rings. The minimum atomic E-state index is 0.534. The van der Waals surface area contributed by atoms with Gasteiger partial charge >= 0.3 is 0 Å². The molecule has 1 aromatic heterocycles. The lowest BCUT2D eigenvalue weighted by Crippen LogP contribution is -2.49. The summed E-state index contributed by atoms with van der Waals surface area (Å²) in [6, 6.07) is 0.534. The highest BCUT2D eigenvalue weighted by atomic mass is 32.1. The molecule has 6 heteroatoms. The zero-order chi connectivity index (χ0) is 17.5. The van der Waals surface area contributed by atoms with Gasteiger partial charge < -0.3 is 15.5 Å². The van der Waals surface area contributed by atoms with E-state index in [1.54, 1.807) is 11.3 Å². The molecular weight excluding hydrogens is 318 g/mol. The van der Waals surface area contributed by atoms with Crippen molar-refractivity contribution in [3.63, 3.8) is 0 Å². The second-order valence-electron chi connectivity index (χ2n) is 7.10. The van der Waals surface area contributed by atoms with Crippen LogP contribution in [0.2, 0.25) is 0 Å².